The van der Waals surface area contributed by atoms with E-state index in [1.54, 1.807) is 15.5 Å². The molecule has 1 amide bonds. The molecule has 6 nitrogen and oxygen atoms in total. The first-order chi connectivity index (χ1) is 13.2. The third-order valence-corrected chi connectivity index (χ3v) is 4.85. The van der Waals surface area contributed by atoms with E-state index in [1.165, 1.54) is 6.20 Å². The molecule has 1 unspecified atom stereocenters. The highest BCUT2D eigenvalue weighted by Crippen LogP contribution is 2.24. The summed E-state index contributed by atoms with van der Waals surface area (Å²) in [5, 5.41) is 0. The molecular weight excluding hydrogens is 342 g/mol. The molecule has 1 aliphatic heterocycles. The van der Waals surface area contributed by atoms with Crippen LogP contribution in [0.15, 0.2) is 60.9 Å². The molecule has 6 heteroatoms. The lowest BCUT2D eigenvalue weighted by atomic mass is 10.1. The van der Waals surface area contributed by atoms with Gasteiger partial charge in [0, 0.05) is 24.8 Å². The summed E-state index contributed by atoms with van der Waals surface area (Å²) in [6, 6.07) is 14.7. The van der Waals surface area contributed by atoms with Crippen LogP contribution in [0.3, 0.4) is 0 Å². The molecule has 1 atom stereocenters. The number of hydrogen-bond donors (Lipinski definition) is 0. The van der Waals surface area contributed by atoms with Crippen LogP contribution in [0.1, 0.15) is 41.4 Å². The summed E-state index contributed by atoms with van der Waals surface area (Å²) in [6.07, 6.45) is 5.37. The maximum atomic E-state index is 13.1. The molecule has 0 bridgehead atoms. The maximum Gasteiger partial charge on any atom is 0.358 e. The smallest absolute Gasteiger partial charge is 0.358 e. The number of rotatable bonds is 4. The monoisotopic (exact) mass is 363 g/mol. The molecule has 0 aliphatic carbocycles. The normalized spacial score (nSPS) is 15.5. The molecule has 1 saturated heterocycles. The highest BCUT2D eigenvalue weighted by molar-refractivity contribution is 5.92. The number of carbonyl (C=O) groups is 2. The number of nitrogens with zero attached hydrogens (tertiary/aromatic N) is 3. The topological polar surface area (TPSA) is 63.9 Å². The SMILES string of the molecule is O=C(OC(C(=O)N1CCCCC1)c1ccccc1)c1cnc2ccccn12. The highest BCUT2D eigenvalue weighted by atomic mass is 16.5. The summed E-state index contributed by atoms with van der Waals surface area (Å²) in [4.78, 5) is 31.9. The van der Waals surface area contributed by atoms with Crippen molar-refractivity contribution in [2.75, 3.05) is 13.1 Å². The quantitative estimate of drug-likeness (QED) is 0.668. The van der Waals surface area contributed by atoms with Gasteiger partial charge in [-0.25, -0.2) is 9.78 Å². The number of esters is 1. The zero-order valence-electron chi connectivity index (χ0n) is 15.0. The maximum absolute atomic E-state index is 13.1. The molecule has 138 valence electrons. The Bertz CT molecular complexity index is 945. The Labute approximate surface area is 157 Å². The van der Waals surface area contributed by atoms with Crippen molar-refractivity contribution < 1.29 is 14.3 Å². The lowest BCUT2D eigenvalue weighted by Gasteiger charge is -2.30. The van der Waals surface area contributed by atoms with Crippen molar-refractivity contribution >= 4 is 17.5 Å². The number of benzene rings is 1. The van der Waals surface area contributed by atoms with E-state index in [0.717, 1.165) is 19.3 Å². The fraction of sp³-hybridized carbons (Fsp3) is 0.286. The number of amides is 1. The molecular formula is C21H21N3O3. The van der Waals surface area contributed by atoms with Crippen LogP contribution in [-0.4, -0.2) is 39.3 Å². The Hall–Kier alpha value is -3.15. The highest BCUT2D eigenvalue weighted by Gasteiger charge is 2.31. The van der Waals surface area contributed by atoms with E-state index in [2.05, 4.69) is 4.98 Å². The molecule has 0 spiro atoms. The molecule has 1 fully saturated rings. The van der Waals surface area contributed by atoms with E-state index < -0.39 is 12.1 Å². The van der Waals surface area contributed by atoms with Crippen molar-refractivity contribution in [1.82, 2.24) is 14.3 Å². The summed E-state index contributed by atoms with van der Waals surface area (Å²) in [5.74, 6) is -0.726. The van der Waals surface area contributed by atoms with E-state index in [-0.39, 0.29) is 5.91 Å². The van der Waals surface area contributed by atoms with E-state index >= 15 is 0 Å². The molecule has 27 heavy (non-hydrogen) atoms. The van der Waals surface area contributed by atoms with Crippen LogP contribution in [0.4, 0.5) is 0 Å². The van der Waals surface area contributed by atoms with Crippen molar-refractivity contribution in [2.24, 2.45) is 0 Å². The third kappa shape index (κ3) is 3.56. The van der Waals surface area contributed by atoms with Gasteiger partial charge in [-0.3, -0.25) is 9.20 Å². The van der Waals surface area contributed by atoms with Crippen LogP contribution < -0.4 is 0 Å². The van der Waals surface area contributed by atoms with E-state index in [4.69, 9.17) is 4.74 Å². The van der Waals surface area contributed by atoms with Gasteiger partial charge < -0.3 is 9.64 Å². The number of piperidine rings is 1. The zero-order chi connectivity index (χ0) is 18.6. The third-order valence-electron chi connectivity index (χ3n) is 4.85. The molecule has 4 rings (SSSR count). The van der Waals surface area contributed by atoms with Crippen LogP contribution in [0, 0.1) is 0 Å². The first-order valence-electron chi connectivity index (χ1n) is 9.21. The Morgan fingerprint density at radius 2 is 1.70 bits per heavy atom. The Morgan fingerprint density at radius 1 is 0.963 bits per heavy atom. The van der Waals surface area contributed by atoms with Crippen molar-refractivity contribution in [1.29, 1.82) is 0 Å². The van der Waals surface area contributed by atoms with Gasteiger partial charge in [-0.05, 0) is 31.4 Å². The molecule has 2 aromatic heterocycles. The lowest BCUT2D eigenvalue weighted by Crippen LogP contribution is -2.40. The number of carbonyl (C=O) groups excluding carboxylic acids is 2. The molecule has 0 saturated carbocycles. The van der Waals surface area contributed by atoms with Crippen LogP contribution in [0.2, 0.25) is 0 Å². The molecule has 0 N–H and O–H groups in total. The predicted octanol–water partition coefficient (Wildman–Crippen LogP) is 3.24. The van der Waals surface area contributed by atoms with Gasteiger partial charge in [0.05, 0.1) is 6.20 Å². The summed E-state index contributed by atoms with van der Waals surface area (Å²) >= 11 is 0. The van der Waals surface area contributed by atoms with E-state index in [0.29, 0.717) is 30.0 Å². The van der Waals surface area contributed by atoms with Gasteiger partial charge in [-0.2, -0.15) is 0 Å². The van der Waals surface area contributed by atoms with Crippen LogP contribution in [-0.2, 0) is 9.53 Å². The van der Waals surface area contributed by atoms with Crippen LogP contribution in [0.25, 0.3) is 5.65 Å². The first-order valence-corrected chi connectivity index (χ1v) is 9.21. The van der Waals surface area contributed by atoms with Crippen molar-refractivity contribution in [3.8, 4) is 0 Å². The van der Waals surface area contributed by atoms with Crippen molar-refractivity contribution in [3.63, 3.8) is 0 Å². The van der Waals surface area contributed by atoms with Gasteiger partial charge in [-0.1, -0.05) is 36.4 Å². The van der Waals surface area contributed by atoms with Gasteiger partial charge in [-0.15, -0.1) is 0 Å². The van der Waals surface area contributed by atoms with Crippen molar-refractivity contribution in [2.45, 2.75) is 25.4 Å². The average Bonchev–Trinajstić information content (AvgIpc) is 3.17. The minimum absolute atomic E-state index is 0.164. The molecule has 0 radical (unpaired) electrons. The number of imidazole rings is 1. The largest absolute Gasteiger partial charge is 0.443 e. The number of ether oxygens (including phenoxy) is 1. The van der Waals surface area contributed by atoms with E-state index in [1.807, 2.05) is 48.5 Å². The standard InChI is InChI=1S/C21H21N3O3/c25-20(23-12-6-2-7-13-23)19(16-9-3-1-4-10-16)27-21(26)17-15-22-18-11-5-8-14-24(17)18/h1,3-5,8-11,14-15,19H,2,6-7,12-13H2. The first kappa shape index (κ1) is 17.3. The van der Waals surface area contributed by atoms with Crippen molar-refractivity contribution in [3.05, 3.63) is 72.2 Å². The molecule has 1 aliphatic rings. The number of likely N-dealkylation sites (tertiary alicyclic amines) is 1. The Kier molecular flexibility index (Phi) is 4.87. The van der Waals surface area contributed by atoms with Gasteiger partial charge >= 0.3 is 5.97 Å². The molecule has 1 aromatic carbocycles. The second kappa shape index (κ2) is 7.61. The molecule has 3 heterocycles. The fourth-order valence-corrected chi connectivity index (χ4v) is 3.42. The van der Waals surface area contributed by atoms with Gasteiger partial charge in [0.15, 0.2) is 5.69 Å². The van der Waals surface area contributed by atoms with Crippen LogP contribution >= 0.6 is 0 Å². The average molecular weight is 363 g/mol. The number of pyridine rings is 1. The second-order valence-corrected chi connectivity index (χ2v) is 6.65. The van der Waals surface area contributed by atoms with Gasteiger partial charge in [0.1, 0.15) is 5.65 Å². The second-order valence-electron chi connectivity index (χ2n) is 6.65. The minimum atomic E-state index is -0.953. The zero-order valence-corrected chi connectivity index (χ0v) is 15.0. The summed E-state index contributed by atoms with van der Waals surface area (Å²) in [6.45, 7) is 1.41. The predicted molar refractivity (Wildman–Crippen MR) is 100 cm³/mol. The van der Waals surface area contributed by atoms with Gasteiger partial charge in [0.25, 0.3) is 5.91 Å². The fourth-order valence-electron chi connectivity index (χ4n) is 3.42. The Morgan fingerprint density at radius 3 is 2.48 bits per heavy atom. The molecule has 3 aromatic rings. The van der Waals surface area contributed by atoms with Crippen LogP contribution in [0.5, 0.6) is 0 Å². The Balaban J connectivity index is 1.62. The summed E-state index contributed by atoms with van der Waals surface area (Å²) in [5.41, 5.74) is 1.64. The van der Waals surface area contributed by atoms with Gasteiger partial charge in [0.2, 0.25) is 6.10 Å². The minimum Gasteiger partial charge on any atom is -0.443 e. The number of hydrogen-bond acceptors (Lipinski definition) is 4. The van der Waals surface area contributed by atoms with E-state index in [9.17, 15) is 9.59 Å². The number of fused-ring (bicyclic) bond motifs is 1. The summed E-state index contributed by atoms with van der Waals surface area (Å²) < 4.78 is 7.38. The number of aromatic nitrogens is 2. The summed E-state index contributed by atoms with van der Waals surface area (Å²) in [7, 11) is 0. The lowest BCUT2D eigenvalue weighted by molar-refractivity contribution is -0.142.